The predicted molar refractivity (Wildman–Crippen MR) is 76.3 cm³/mol. The van der Waals surface area contributed by atoms with E-state index in [1.54, 1.807) is 0 Å². The summed E-state index contributed by atoms with van der Waals surface area (Å²) in [6.07, 6.45) is -0.0731. The Morgan fingerprint density at radius 2 is 2.05 bits per heavy atom. The van der Waals surface area contributed by atoms with Crippen LogP contribution in [-0.2, 0) is 9.59 Å². The first-order valence-corrected chi connectivity index (χ1v) is 6.86. The zero-order valence-corrected chi connectivity index (χ0v) is 12.7. The van der Waals surface area contributed by atoms with Crippen LogP contribution in [0.15, 0.2) is 22.7 Å². The van der Waals surface area contributed by atoms with Crippen LogP contribution in [0.25, 0.3) is 0 Å². The first-order chi connectivity index (χ1) is 9.81. The molecule has 0 aliphatic heterocycles. The molecule has 0 fully saturated rings. The van der Waals surface area contributed by atoms with Crippen LogP contribution < -0.4 is 10.6 Å². The van der Waals surface area contributed by atoms with Gasteiger partial charge in [0.15, 0.2) is 0 Å². The normalized spacial score (nSPS) is 11.6. The van der Waals surface area contributed by atoms with E-state index in [0.29, 0.717) is 4.47 Å². The van der Waals surface area contributed by atoms with Crippen molar-refractivity contribution in [1.82, 2.24) is 10.6 Å². The van der Waals surface area contributed by atoms with Gasteiger partial charge in [-0.05, 0) is 41.1 Å². The lowest BCUT2D eigenvalue weighted by Crippen LogP contribution is -2.39. The number of benzene rings is 1. The number of amides is 2. The molecule has 6 nitrogen and oxygen atoms in total. The second kappa shape index (κ2) is 7.72. The Morgan fingerprint density at radius 1 is 1.38 bits per heavy atom. The molecule has 1 atom stereocenters. The van der Waals surface area contributed by atoms with Crippen molar-refractivity contribution in [2.24, 2.45) is 0 Å². The number of hydrogen-bond donors (Lipinski definition) is 3. The molecule has 3 N–H and O–H groups in total. The standard InChI is InChI=1S/C13H14BrFN2O4/c1-7(13(20)21)17-11(18)4-5-16-12(19)9-6-8(15)2-3-10(9)14/h2-3,6-7H,4-5H2,1H3,(H,16,19)(H,17,18)(H,20,21)/t7-/m0/s1. The van der Waals surface area contributed by atoms with E-state index < -0.39 is 29.6 Å². The third-order valence-corrected chi connectivity index (χ3v) is 3.25. The van der Waals surface area contributed by atoms with Crippen molar-refractivity contribution in [2.45, 2.75) is 19.4 Å². The van der Waals surface area contributed by atoms with E-state index in [1.807, 2.05) is 0 Å². The molecule has 1 aromatic carbocycles. The minimum Gasteiger partial charge on any atom is -0.480 e. The van der Waals surface area contributed by atoms with Gasteiger partial charge in [0.05, 0.1) is 5.56 Å². The lowest BCUT2D eigenvalue weighted by Gasteiger charge is -2.10. The highest BCUT2D eigenvalue weighted by atomic mass is 79.9. The SMILES string of the molecule is C[C@H](NC(=O)CCNC(=O)c1cc(F)ccc1Br)C(=O)O. The molecule has 0 bridgehead atoms. The fraction of sp³-hybridized carbons (Fsp3) is 0.308. The van der Waals surface area contributed by atoms with Gasteiger partial charge in [0.1, 0.15) is 11.9 Å². The van der Waals surface area contributed by atoms with Gasteiger partial charge in [0, 0.05) is 17.4 Å². The molecule has 0 saturated heterocycles. The van der Waals surface area contributed by atoms with E-state index in [-0.39, 0.29) is 18.5 Å². The van der Waals surface area contributed by atoms with Crippen molar-refractivity contribution in [3.63, 3.8) is 0 Å². The minimum atomic E-state index is -1.14. The van der Waals surface area contributed by atoms with Crippen molar-refractivity contribution in [3.05, 3.63) is 34.1 Å². The van der Waals surface area contributed by atoms with Crippen LogP contribution >= 0.6 is 15.9 Å². The smallest absolute Gasteiger partial charge is 0.325 e. The summed E-state index contributed by atoms with van der Waals surface area (Å²) in [5, 5.41) is 13.3. The number of aliphatic carboxylic acids is 1. The maximum absolute atomic E-state index is 13.1. The zero-order chi connectivity index (χ0) is 16.0. The summed E-state index contributed by atoms with van der Waals surface area (Å²) in [5.74, 6) is -2.71. The second-order valence-corrected chi connectivity index (χ2v) is 5.11. The van der Waals surface area contributed by atoms with Gasteiger partial charge in [-0.15, -0.1) is 0 Å². The van der Waals surface area contributed by atoms with E-state index in [4.69, 9.17) is 5.11 Å². The van der Waals surface area contributed by atoms with Crippen molar-refractivity contribution < 1.29 is 23.9 Å². The lowest BCUT2D eigenvalue weighted by atomic mass is 10.2. The number of hydrogen-bond acceptors (Lipinski definition) is 3. The minimum absolute atomic E-state index is 0.0138. The molecule has 0 saturated carbocycles. The maximum Gasteiger partial charge on any atom is 0.325 e. The molecule has 0 radical (unpaired) electrons. The zero-order valence-electron chi connectivity index (χ0n) is 11.2. The van der Waals surface area contributed by atoms with Crippen LogP contribution in [0, 0.1) is 5.82 Å². The average Bonchev–Trinajstić information content (AvgIpc) is 2.41. The molecular formula is C13H14BrFN2O4. The maximum atomic E-state index is 13.1. The Kier molecular flexibility index (Phi) is 6.29. The average molecular weight is 361 g/mol. The topological polar surface area (TPSA) is 95.5 Å². The summed E-state index contributed by atoms with van der Waals surface area (Å²) in [4.78, 5) is 33.7. The van der Waals surface area contributed by atoms with Crippen LogP contribution in [0.3, 0.4) is 0 Å². The van der Waals surface area contributed by atoms with Crippen LogP contribution in [0.2, 0.25) is 0 Å². The second-order valence-electron chi connectivity index (χ2n) is 4.26. The molecule has 114 valence electrons. The number of carboxylic acid groups (broad SMARTS) is 1. The summed E-state index contributed by atoms with van der Waals surface area (Å²) in [6.45, 7) is 1.35. The molecule has 2 amide bonds. The molecule has 1 rings (SSSR count). The van der Waals surface area contributed by atoms with E-state index >= 15 is 0 Å². The molecule has 0 aliphatic rings. The van der Waals surface area contributed by atoms with E-state index in [9.17, 15) is 18.8 Å². The van der Waals surface area contributed by atoms with Crippen LogP contribution in [0.5, 0.6) is 0 Å². The number of carbonyl (C=O) groups excluding carboxylic acids is 2. The molecule has 8 heteroatoms. The summed E-state index contributed by atoms with van der Waals surface area (Å²) >= 11 is 3.13. The third kappa shape index (κ3) is 5.50. The van der Waals surface area contributed by atoms with Crippen molar-refractivity contribution in [1.29, 1.82) is 0 Å². The largest absolute Gasteiger partial charge is 0.480 e. The van der Waals surface area contributed by atoms with Crippen molar-refractivity contribution >= 4 is 33.7 Å². The van der Waals surface area contributed by atoms with Gasteiger partial charge in [0.2, 0.25) is 5.91 Å². The van der Waals surface area contributed by atoms with Gasteiger partial charge in [0.25, 0.3) is 5.91 Å². The number of carbonyl (C=O) groups is 3. The van der Waals surface area contributed by atoms with Gasteiger partial charge in [-0.2, -0.15) is 0 Å². The number of rotatable bonds is 6. The van der Waals surface area contributed by atoms with Gasteiger partial charge < -0.3 is 15.7 Å². The first kappa shape index (κ1) is 17.1. The molecule has 0 aliphatic carbocycles. The fourth-order valence-corrected chi connectivity index (χ4v) is 1.86. The molecular weight excluding hydrogens is 347 g/mol. The summed E-state index contributed by atoms with van der Waals surface area (Å²) < 4.78 is 13.5. The Hall–Kier alpha value is -1.96. The Bertz CT molecular complexity index is 565. The quantitative estimate of drug-likeness (QED) is 0.712. The Balaban J connectivity index is 2.45. The van der Waals surface area contributed by atoms with E-state index in [0.717, 1.165) is 6.07 Å². The van der Waals surface area contributed by atoms with Crippen LogP contribution in [0.4, 0.5) is 4.39 Å². The third-order valence-electron chi connectivity index (χ3n) is 2.56. The van der Waals surface area contributed by atoms with Crippen molar-refractivity contribution in [3.8, 4) is 0 Å². The molecule has 0 unspecified atom stereocenters. The summed E-state index contributed by atoms with van der Waals surface area (Å²) in [6, 6.07) is 2.70. The monoisotopic (exact) mass is 360 g/mol. The first-order valence-electron chi connectivity index (χ1n) is 6.06. The predicted octanol–water partition coefficient (Wildman–Crippen LogP) is 1.30. The lowest BCUT2D eigenvalue weighted by molar-refractivity contribution is -0.141. The van der Waals surface area contributed by atoms with Crippen LogP contribution in [0.1, 0.15) is 23.7 Å². The Morgan fingerprint density at radius 3 is 2.67 bits per heavy atom. The highest BCUT2D eigenvalue weighted by Crippen LogP contribution is 2.17. The fourth-order valence-electron chi connectivity index (χ4n) is 1.43. The molecule has 0 aromatic heterocycles. The van der Waals surface area contributed by atoms with Gasteiger partial charge in [-0.1, -0.05) is 0 Å². The molecule has 0 spiro atoms. The number of halogens is 2. The summed E-state index contributed by atoms with van der Waals surface area (Å²) in [5.41, 5.74) is 0.120. The van der Waals surface area contributed by atoms with E-state index in [1.165, 1.54) is 19.1 Å². The molecule has 1 aromatic rings. The van der Waals surface area contributed by atoms with Gasteiger partial charge in [-0.25, -0.2) is 4.39 Å². The highest BCUT2D eigenvalue weighted by molar-refractivity contribution is 9.10. The number of carboxylic acids is 1. The number of nitrogens with one attached hydrogen (secondary N) is 2. The Labute approximate surface area is 128 Å². The molecule has 0 heterocycles. The molecule has 21 heavy (non-hydrogen) atoms. The highest BCUT2D eigenvalue weighted by Gasteiger charge is 2.15. The van der Waals surface area contributed by atoms with Crippen LogP contribution in [-0.4, -0.2) is 35.5 Å². The summed E-state index contributed by atoms with van der Waals surface area (Å²) in [7, 11) is 0. The van der Waals surface area contributed by atoms with Gasteiger partial charge in [-0.3, -0.25) is 14.4 Å². The van der Waals surface area contributed by atoms with E-state index in [2.05, 4.69) is 26.6 Å². The van der Waals surface area contributed by atoms with Gasteiger partial charge >= 0.3 is 5.97 Å². The van der Waals surface area contributed by atoms with Crippen molar-refractivity contribution in [2.75, 3.05) is 6.54 Å².